The van der Waals surface area contributed by atoms with Gasteiger partial charge < -0.3 is 10.1 Å². The molecule has 9 heteroatoms. The molecule has 0 saturated heterocycles. The Morgan fingerprint density at radius 3 is 2.56 bits per heavy atom. The number of hydrogen-bond donors (Lipinski definition) is 2. The van der Waals surface area contributed by atoms with Gasteiger partial charge in [-0.1, -0.05) is 30.3 Å². The third-order valence-electron chi connectivity index (χ3n) is 4.06. The third-order valence-corrected chi connectivity index (χ3v) is 4.75. The topological polar surface area (TPSA) is 96.9 Å². The second-order valence-corrected chi connectivity index (χ2v) is 7.28. The Balaban J connectivity index is 1.51. The molecule has 2 N–H and O–H groups in total. The zero-order valence-electron chi connectivity index (χ0n) is 16.5. The van der Waals surface area contributed by atoms with Gasteiger partial charge in [-0.05, 0) is 64.0 Å². The van der Waals surface area contributed by atoms with Crippen LogP contribution in [-0.2, 0) is 4.79 Å². The average molecular weight is 498 g/mol. The highest BCUT2D eigenvalue weighted by Gasteiger charge is 2.11. The van der Waals surface area contributed by atoms with E-state index in [0.29, 0.717) is 15.6 Å². The average Bonchev–Trinajstić information content (AvgIpc) is 2.78. The lowest BCUT2D eigenvalue weighted by atomic mass is 10.2. The fourth-order valence-electron chi connectivity index (χ4n) is 2.56. The number of benzene rings is 3. The maximum atomic E-state index is 13.3. The molecule has 2 amide bonds. The molecule has 3 rings (SSSR count). The van der Waals surface area contributed by atoms with E-state index in [1.54, 1.807) is 42.5 Å². The van der Waals surface area contributed by atoms with Crippen LogP contribution in [0.5, 0.6) is 5.75 Å². The summed E-state index contributed by atoms with van der Waals surface area (Å²) in [6.07, 6.45) is 1.35. The molecule has 0 aliphatic rings. The molecule has 0 aliphatic carbocycles. The molecule has 0 saturated carbocycles. The molecule has 0 unspecified atom stereocenters. The maximum absolute atomic E-state index is 13.3. The molecule has 0 fully saturated rings. The molecule has 32 heavy (non-hydrogen) atoms. The van der Waals surface area contributed by atoms with Crippen molar-refractivity contribution in [2.75, 3.05) is 6.54 Å². The van der Waals surface area contributed by atoms with Crippen molar-refractivity contribution in [3.8, 4) is 5.75 Å². The van der Waals surface area contributed by atoms with Gasteiger partial charge in [0.15, 0.2) is 0 Å². The summed E-state index contributed by atoms with van der Waals surface area (Å²) in [4.78, 5) is 36.1. The Morgan fingerprint density at radius 1 is 1.00 bits per heavy atom. The molecule has 3 aromatic carbocycles. The first-order valence-corrected chi connectivity index (χ1v) is 10.1. The largest absolute Gasteiger partial charge is 0.423 e. The number of hydrogen-bond acceptors (Lipinski definition) is 5. The summed E-state index contributed by atoms with van der Waals surface area (Å²) < 4.78 is 19.1. The van der Waals surface area contributed by atoms with E-state index < -0.39 is 23.6 Å². The summed E-state index contributed by atoms with van der Waals surface area (Å²) in [7, 11) is 0. The van der Waals surface area contributed by atoms with Crippen molar-refractivity contribution >= 4 is 39.9 Å². The zero-order chi connectivity index (χ0) is 22.9. The molecule has 3 aromatic rings. The number of hydrazone groups is 1. The fraction of sp³-hybridized carbons (Fsp3) is 0.0435. The Bertz CT molecular complexity index is 1180. The van der Waals surface area contributed by atoms with E-state index in [1.165, 1.54) is 30.5 Å². The standard InChI is InChI=1S/C23H17BrFN3O4/c24-20-10-2-1-9-19(20)22(30)26-14-21(29)28-27-13-15-5-3-8-18(11-15)32-23(31)16-6-4-7-17(25)12-16/h1-13H,14H2,(H,26,30)(H,28,29). The van der Waals surface area contributed by atoms with E-state index in [4.69, 9.17) is 4.74 Å². The molecular formula is C23H17BrFN3O4. The number of ether oxygens (including phenoxy) is 1. The van der Waals surface area contributed by atoms with E-state index in [0.717, 1.165) is 6.07 Å². The van der Waals surface area contributed by atoms with Crippen LogP contribution in [0, 0.1) is 5.82 Å². The molecule has 0 bridgehead atoms. The molecule has 0 atom stereocenters. The lowest BCUT2D eigenvalue weighted by Gasteiger charge is -2.06. The maximum Gasteiger partial charge on any atom is 0.343 e. The van der Waals surface area contributed by atoms with Gasteiger partial charge in [-0.2, -0.15) is 5.10 Å². The molecular weight excluding hydrogens is 481 g/mol. The minimum absolute atomic E-state index is 0.0842. The normalized spacial score (nSPS) is 10.6. The molecule has 0 aliphatic heterocycles. The molecule has 0 heterocycles. The Kier molecular flexibility index (Phi) is 7.82. The monoisotopic (exact) mass is 497 g/mol. The quantitative estimate of drug-likeness (QED) is 0.225. The lowest BCUT2D eigenvalue weighted by Crippen LogP contribution is -2.35. The van der Waals surface area contributed by atoms with Crippen molar-refractivity contribution in [3.05, 3.63) is 99.8 Å². The first kappa shape index (κ1) is 22.8. The summed E-state index contributed by atoms with van der Waals surface area (Å²) >= 11 is 3.28. The van der Waals surface area contributed by atoms with Crippen molar-refractivity contribution in [2.24, 2.45) is 5.10 Å². The highest BCUT2D eigenvalue weighted by molar-refractivity contribution is 9.10. The van der Waals surface area contributed by atoms with Gasteiger partial charge in [0.25, 0.3) is 11.8 Å². The van der Waals surface area contributed by atoms with Crippen LogP contribution in [0.25, 0.3) is 0 Å². The molecule has 0 aromatic heterocycles. The van der Waals surface area contributed by atoms with Gasteiger partial charge >= 0.3 is 5.97 Å². The Labute approximate surface area is 191 Å². The number of esters is 1. The molecule has 0 spiro atoms. The fourth-order valence-corrected chi connectivity index (χ4v) is 3.02. The molecule has 7 nitrogen and oxygen atoms in total. The van der Waals surface area contributed by atoms with E-state index >= 15 is 0 Å². The van der Waals surface area contributed by atoms with Crippen LogP contribution in [-0.4, -0.2) is 30.5 Å². The minimum atomic E-state index is -0.701. The minimum Gasteiger partial charge on any atom is -0.423 e. The van der Waals surface area contributed by atoms with Gasteiger partial charge in [0.1, 0.15) is 11.6 Å². The van der Waals surface area contributed by atoms with Crippen molar-refractivity contribution in [3.63, 3.8) is 0 Å². The summed E-state index contributed by atoms with van der Waals surface area (Å²) in [6, 6.07) is 18.4. The summed E-state index contributed by atoms with van der Waals surface area (Å²) in [5, 5.41) is 6.32. The SMILES string of the molecule is O=C(CNC(=O)c1ccccc1Br)NN=Cc1cccc(OC(=O)c2cccc(F)c2)c1. The van der Waals surface area contributed by atoms with Crippen molar-refractivity contribution < 1.29 is 23.5 Å². The summed E-state index contributed by atoms with van der Waals surface area (Å²) in [5.41, 5.74) is 3.34. The van der Waals surface area contributed by atoms with Crippen LogP contribution in [0.3, 0.4) is 0 Å². The van der Waals surface area contributed by atoms with Crippen molar-refractivity contribution in [2.45, 2.75) is 0 Å². The number of carbonyl (C=O) groups excluding carboxylic acids is 3. The van der Waals surface area contributed by atoms with Gasteiger partial charge in [0, 0.05) is 4.47 Å². The van der Waals surface area contributed by atoms with E-state index in [9.17, 15) is 18.8 Å². The van der Waals surface area contributed by atoms with Crippen LogP contribution in [0.2, 0.25) is 0 Å². The predicted molar refractivity (Wildman–Crippen MR) is 120 cm³/mol. The van der Waals surface area contributed by atoms with Crippen LogP contribution in [0.1, 0.15) is 26.3 Å². The van der Waals surface area contributed by atoms with Gasteiger partial charge in [0.2, 0.25) is 0 Å². The van der Waals surface area contributed by atoms with Gasteiger partial charge in [-0.25, -0.2) is 14.6 Å². The first-order chi connectivity index (χ1) is 15.4. The second kappa shape index (κ2) is 11.0. The Hall–Kier alpha value is -3.85. The van der Waals surface area contributed by atoms with Gasteiger partial charge in [-0.15, -0.1) is 0 Å². The molecule has 0 radical (unpaired) electrons. The van der Waals surface area contributed by atoms with Gasteiger partial charge in [0.05, 0.1) is 23.9 Å². The number of amides is 2. The highest BCUT2D eigenvalue weighted by Crippen LogP contribution is 2.16. The number of nitrogens with one attached hydrogen (secondary N) is 2. The van der Waals surface area contributed by atoms with Crippen LogP contribution >= 0.6 is 15.9 Å². The number of halogens is 2. The van der Waals surface area contributed by atoms with E-state index in [-0.39, 0.29) is 17.9 Å². The molecule has 162 valence electrons. The van der Waals surface area contributed by atoms with Gasteiger partial charge in [-0.3, -0.25) is 9.59 Å². The van der Waals surface area contributed by atoms with E-state index in [2.05, 4.69) is 31.8 Å². The predicted octanol–water partition coefficient (Wildman–Crippen LogP) is 3.69. The van der Waals surface area contributed by atoms with Crippen molar-refractivity contribution in [1.29, 1.82) is 0 Å². The van der Waals surface area contributed by atoms with Crippen LogP contribution in [0.4, 0.5) is 4.39 Å². The summed E-state index contributed by atoms with van der Waals surface area (Å²) in [5.74, 6) is -1.92. The lowest BCUT2D eigenvalue weighted by molar-refractivity contribution is -0.120. The Morgan fingerprint density at radius 2 is 1.78 bits per heavy atom. The van der Waals surface area contributed by atoms with Crippen LogP contribution in [0.15, 0.2) is 82.4 Å². The van der Waals surface area contributed by atoms with Crippen LogP contribution < -0.4 is 15.5 Å². The first-order valence-electron chi connectivity index (χ1n) is 9.35. The second-order valence-electron chi connectivity index (χ2n) is 6.43. The summed E-state index contributed by atoms with van der Waals surface area (Å²) in [6.45, 7) is -0.261. The number of rotatable bonds is 7. The smallest absolute Gasteiger partial charge is 0.343 e. The van der Waals surface area contributed by atoms with Crippen molar-refractivity contribution in [1.82, 2.24) is 10.7 Å². The number of nitrogens with zero attached hydrogens (tertiary/aromatic N) is 1. The highest BCUT2D eigenvalue weighted by atomic mass is 79.9. The van der Waals surface area contributed by atoms with E-state index in [1.807, 2.05) is 0 Å². The third kappa shape index (κ3) is 6.58. The zero-order valence-corrected chi connectivity index (χ0v) is 18.1. The number of carbonyl (C=O) groups is 3.